The molecule has 0 unspecified atom stereocenters. The van der Waals surface area contributed by atoms with Gasteiger partial charge in [0.25, 0.3) is 0 Å². The van der Waals surface area contributed by atoms with Crippen LogP contribution in [0, 0.1) is 11.6 Å². The predicted molar refractivity (Wildman–Crippen MR) is 80.4 cm³/mol. The van der Waals surface area contributed by atoms with Crippen LogP contribution in [0.1, 0.15) is 18.4 Å². The number of nitrogens with one attached hydrogen (secondary N) is 1. The first-order chi connectivity index (χ1) is 10.1. The molecule has 0 aliphatic heterocycles. The number of rotatable bonds is 5. The van der Waals surface area contributed by atoms with Crippen LogP contribution in [0.25, 0.3) is 0 Å². The Kier molecular flexibility index (Phi) is 4.22. The van der Waals surface area contributed by atoms with Gasteiger partial charge in [0.1, 0.15) is 5.75 Å². The van der Waals surface area contributed by atoms with Crippen LogP contribution in [-0.2, 0) is 6.54 Å². The van der Waals surface area contributed by atoms with Crippen LogP contribution in [0.4, 0.5) is 8.78 Å². The molecule has 0 atom stereocenters. The first-order valence-corrected chi connectivity index (χ1v) is 7.56. The fraction of sp³-hybridized carbons (Fsp3) is 0.250. The first kappa shape index (κ1) is 14.5. The van der Waals surface area contributed by atoms with E-state index in [9.17, 15) is 8.78 Å². The third kappa shape index (κ3) is 3.80. The largest absolute Gasteiger partial charge is 0.451 e. The van der Waals surface area contributed by atoms with Gasteiger partial charge in [-0.3, -0.25) is 0 Å². The summed E-state index contributed by atoms with van der Waals surface area (Å²) in [5.41, 5.74) is 0.582. The van der Waals surface area contributed by atoms with E-state index in [1.54, 1.807) is 18.2 Å². The molecule has 2 aromatic rings. The van der Waals surface area contributed by atoms with E-state index < -0.39 is 11.6 Å². The average molecular weight is 354 g/mol. The molecule has 1 aliphatic carbocycles. The lowest BCUT2D eigenvalue weighted by Crippen LogP contribution is -2.15. The summed E-state index contributed by atoms with van der Waals surface area (Å²) in [7, 11) is 0. The van der Waals surface area contributed by atoms with E-state index in [1.807, 2.05) is 6.07 Å². The highest BCUT2D eigenvalue weighted by molar-refractivity contribution is 9.10. The van der Waals surface area contributed by atoms with Crippen molar-refractivity contribution in [3.63, 3.8) is 0 Å². The normalized spacial score (nSPS) is 14.2. The molecule has 0 amide bonds. The molecule has 1 N–H and O–H groups in total. The minimum Gasteiger partial charge on any atom is -0.451 e. The average Bonchev–Trinajstić information content (AvgIpc) is 3.25. The second kappa shape index (κ2) is 6.12. The summed E-state index contributed by atoms with van der Waals surface area (Å²) >= 11 is 3.29. The lowest BCUT2D eigenvalue weighted by atomic mass is 10.2. The summed E-state index contributed by atoms with van der Waals surface area (Å²) in [6.45, 7) is 0.468. The summed E-state index contributed by atoms with van der Waals surface area (Å²) in [5.74, 6) is -1.38. The number of hydrogen-bond acceptors (Lipinski definition) is 2. The van der Waals surface area contributed by atoms with Crippen LogP contribution >= 0.6 is 15.9 Å². The molecule has 0 aromatic heterocycles. The van der Waals surface area contributed by atoms with Crippen molar-refractivity contribution in [2.45, 2.75) is 25.4 Å². The van der Waals surface area contributed by atoms with E-state index in [-0.39, 0.29) is 5.75 Å². The standard InChI is InChI=1S/C16H14BrF2NO/c17-11-2-1-3-13(8-11)21-16-14(18)6-10(7-15(16)19)9-20-12-4-5-12/h1-3,6-8,12,20H,4-5,9H2. The summed E-state index contributed by atoms with van der Waals surface area (Å²) in [4.78, 5) is 0. The molecule has 2 nitrogen and oxygen atoms in total. The third-order valence-corrected chi connectivity index (χ3v) is 3.74. The molecule has 110 valence electrons. The van der Waals surface area contributed by atoms with Gasteiger partial charge in [-0.1, -0.05) is 22.0 Å². The Morgan fingerprint density at radius 3 is 2.48 bits per heavy atom. The molecular weight excluding hydrogens is 340 g/mol. The molecule has 0 radical (unpaired) electrons. The van der Waals surface area contributed by atoms with E-state index >= 15 is 0 Å². The molecular formula is C16H14BrF2NO. The summed E-state index contributed by atoms with van der Waals surface area (Å²) in [5, 5.41) is 3.22. The minimum atomic E-state index is -0.692. The van der Waals surface area contributed by atoms with Crippen molar-refractivity contribution < 1.29 is 13.5 Å². The van der Waals surface area contributed by atoms with Crippen molar-refractivity contribution in [2.24, 2.45) is 0 Å². The van der Waals surface area contributed by atoms with Crippen molar-refractivity contribution in [1.82, 2.24) is 5.32 Å². The highest BCUT2D eigenvalue weighted by Crippen LogP contribution is 2.30. The highest BCUT2D eigenvalue weighted by Gasteiger charge is 2.21. The van der Waals surface area contributed by atoms with Crippen LogP contribution in [0.3, 0.4) is 0 Å². The highest BCUT2D eigenvalue weighted by atomic mass is 79.9. The molecule has 5 heteroatoms. The minimum absolute atomic E-state index is 0.372. The summed E-state index contributed by atoms with van der Waals surface area (Å²) in [6.07, 6.45) is 2.27. The third-order valence-electron chi connectivity index (χ3n) is 3.25. The van der Waals surface area contributed by atoms with Gasteiger partial charge in [0.2, 0.25) is 0 Å². The van der Waals surface area contributed by atoms with Crippen LogP contribution < -0.4 is 10.1 Å². The zero-order chi connectivity index (χ0) is 14.8. The maximum Gasteiger partial charge on any atom is 0.198 e. The van der Waals surface area contributed by atoms with Gasteiger partial charge in [-0.25, -0.2) is 8.78 Å². The topological polar surface area (TPSA) is 21.3 Å². The van der Waals surface area contributed by atoms with Gasteiger partial charge < -0.3 is 10.1 Å². The van der Waals surface area contributed by atoms with Crippen LogP contribution in [0.2, 0.25) is 0 Å². The Labute approximate surface area is 130 Å². The molecule has 1 fully saturated rings. The van der Waals surface area contributed by atoms with Gasteiger partial charge >= 0.3 is 0 Å². The quantitative estimate of drug-likeness (QED) is 0.835. The fourth-order valence-electron chi connectivity index (χ4n) is 2.01. The Morgan fingerprint density at radius 2 is 1.86 bits per heavy atom. The zero-order valence-corrected chi connectivity index (χ0v) is 12.8. The maximum absolute atomic E-state index is 14.0. The smallest absolute Gasteiger partial charge is 0.198 e. The predicted octanol–water partition coefficient (Wildman–Crippen LogP) is 4.77. The molecule has 1 saturated carbocycles. The van der Waals surface area contributed by atoms with Crippen molar-refractivity contribution >= 4 is 15.9 Å². The molecule has 2 aromatic carbocycles. The van der Waals surface area contributed by atoms with E-state index in [0.717, 1.165) is 17.3 Å². The van der Waals surface area contributed by atoms with Gasteiger partial charge in [-0.15, -0.1) is 0 Å². The fourth-order valence-corrected chi connectivity index (χ4v) is 2.39. The van der Waals surface area contributed by atoms with Gasteiger partial charge in [0, 0.05) is 17.1 Å². The Morgan fingerprint density at radius 1 is 1.14 bits per heavy atom. The molecule has 0 heterocycles. The summed E-state index contributed by atoms with van der Waals surface area (Å²) < 4.78 is 34.2. The second-order valence-electron chi connectivity index (χ2n) is 5.10. The molecule has 3 rings (SSSR count). The molecule has 0 saturated heterocycles. The maximum atomic E-state index is 14.0. The van der Waals surface area contributed by atoms with E-state index in [2.05, 4.69) is 21.2 Å². The number of hydrogen-bond donors (Lipinski definition) is 1. The van der Waals surface area contributed by atoms with Crippen LogP contribution in [-0.4, -0.2) is 6.04 Å². The zero-order valence-electron chi connectivity index (χ0n) is 11.2. The van der Waals surface area contributed by atoms with Crippen LogP contribution in [0.15, 0.2) is 40.9 Å². The first-order valence-electron chi connectivity index (χ1n) is 6.76. The van der Waals surface area contributed by atoms with Crippen molar-refractivity contribution in [3.8, 4) is 11.5 Å². The number of benzene rings is 2. The van der Waals surface area contributed by atoms with Crippen molar-refractivity contribution in [2.75, 3.05) is 0 Å². The van der Waals surface area contributed by atoms with E-state index in [4.69, 9.17) is 4.74 Å². The van der Waals surface area contributed by atoms with Gasteiger partial charge in [-0.2, -0.15) is 0 Å². The van der Waals surface area contributed by atoms with Crippen molar-refractivity contribution in [1.29, 1.82) is 0 Å². The van der Waals surface area contributed by atoms with Crippen molar-refractivity contribution in [3.05, 3.63) is 58.1 Å². The molecule has 0 bridgehead atoms. The Balaban J connectivity index is 1.78. The van der Waals surface area contributed by atoms with E-state index in [1.165, 1.54) is 12.1 Å². The Bertz CT molecular complexity index is 635. The lowest BCUT2D eigenvalue weighted by Gasteiger charge is -2.10. The molecule has 0 spiro atoms. The second-order valence-corrected chi connectivity index (χ2v) is 6.02. The molecule has 21 heavy (non-hydrogen) atoms. The van der Waals surface area contributed by atoms with Gasteiger partial charge in [0.05, 0.1) is 0 Å². The monoisotopic (exact) mass is 353 g/mol. The SMILES string of the molecule is Fc1cc(CNC2CC2)cc(F)c1Oc1cccc(Br)c1. The molecule has 1 aliphatic rings. The van der Waals surface area contributed by atoms with Gasteiger partial charge in [-0.05, 0) is 48.7 Å². The lowest BCUT2D eigenvalue weighted by molar-refractivity contribution is 0.406. The van der Waals surface area contributed by atoms with Gasteiger partial charge in [0.15, 0.2) is 17.4 Å². The Hall–Kier alpha value is -1.46. The van der Waals surface area contributed by atoms with Crippen LogP contribution in [0.5, 0.6) is 11.5 Å². The summed E-state index contributed by atoms with van der Waals surface area (Å²) in [6, 6.07) is 9.97. The number of halogens is 3. The number of ether oxygens (including phenoxy) is 1. The van der Waals surface area contributed by atoms with E-state index in [0.29, 0.717) is 23.9 Å².